The highest BCUT2D eigenvalue weighted by Crippen LogP contribution is 2.59. The molecule has 162 valence electrons. The van der Waals surface area contributed by atoms with Crippen LogP contribution in [-0.2, 0) is 10.2 Å². The Morgan fingerprint density at radius 3 is 2.35 bits per heavy atom. The Morgan fingerprint density at radius 1 is 1.06 bits per heavy atom. The van der Waals surface area contributed by atoms with Crippen molar-refractivity contribution in [1.29, 1.82) is 0 Å². The van der Waals surface area contributed by atoms with E-state index in [2.05, 4.69) is 4.98 Å². The van der Waals surface area contributed by atoms with Gasteiger partial charge in [-0.2, -0.15) is 0 Å². The van der Waals surface area contributed by atoms with Gasteiger partial charge in [0.25, 0.3) is 0 Å². The Hall–Kier alpha value is -2.86. The van der Waals surface area contributed by atoms with Gasteiger partial charge in [0.05, 0.1) is 21.3 Å². The van der Waals surface area contributed by atoms with Gasteiger partial charge in [-0.05, 0) is 36.6 Å². The second-order valence-corrected chi connectivity index (χ2v) is 8.82. The predicted molar refractivity (Wildman–Crippen MR) is 120 cm³/mol. The number of benzene rings is 2. The third-order valence-corrected chi connectivity index (χ3v) is 6.90. The fourth-order valence-corrected chi connectivity index (χ4v) is 5.22. The number of hydrogen-bond acceptors (Lipinski definition) is 4. The first-order valence-electron chi connectivity index (χ1n) is 10.3. The van der Waals surface area contributed by atoms with Crippen molar-refractivity contribution in [2.75, 3.05) is 27.9 Å². The monoisotopic (exact) mass is 440 g/mol. The summed E-state index contributed by atoms with van der Waals surface area (Å²) in [6.45, 7) is 2.30. The summed E-state index contributed by atoms with van der Waals surface area (Å²) >= 11 is 6.22. The maximum absolute atomic E-state index is 12.8. The first-order chi connectivity index (χ1) is 14.9. The van der Waals surface area contributed by atoms with Crippen LogP contribution in [-0.4, -0.2) is 43.7 Å². The zero-order chi connectivity index (χ0) is 21.9. The quantitative estimate of drug-likeness (QED) is 0.631. The number of aromatic nitrogens is 1. The van der Waals surface area contributed by atoms with Crippen LogP contribution in [0, 0.1) is 0 Å². The van der Waals surface area contributed by atoms with E-state index in [0.717, 1.165) is 35.0 Å². The number of nitrogens with one attached hydrogen (secondary N) is 1. The summed E-state index contributed by atoms with van der Waals surface area (Å²) in [5.41, 5.74) is 4.13. The normalized spacial score (nSPS) is 18.7. The average Bonchev–Trinajstić information content (AvgIpc) is 3.42. The van der Waals surface area contributed by atoms with E-state index in [4.69, 9.17) is 25.8 Å². The van der Waals surface area contributed by atoms with E-state index in [9.17, 15) is 4.79 Å². The Kier molecular flexibility index (Phi) is 4.59. The van der Waals surface area contributed by atoms with Gasteiger partial charge in [0, 0.05) is 52.1 Å². The van der Waals surface area contributed by atoms with Crippen molar-refractivity contribution in [3.05, 3.63) is 52.2 Å². The molecule has 1 aliphatic carbocycles. The molecule has 31 heavy (non-hydrogen) atoms. The van der Waals surface area contributed by atoms with Crippen LogP contribution >= 0.6 is 11.6 Å². The molecule has 0 unspecified atom stereocenters. The number of aromatic amines is 1. The number of fused-ring (bicyclic) bond motifs is 4. The Morgan fingerprint density at radius 2 is 1.74 bits per heavy atom. The number of hydrogen-bond donors (Lipinski definition) is 1. The summed E-state index contributed by atoms with van der Waals surface area (Å²) in [6.07, 6.45) is 2.10. The summed E-state index contributed by atoms with van der Waals surface area (Å²) in [7, 11) is 4.91. The third-order valence-electron chi connectivity index (χ3n) is 6.67. The molecule has 1 spiro atoms. The highest BCUT2D eigenvalue weighted by atomic mass is 35.5. The lowest BCUT2D eigenvalue weighted by molar-refractivity contribution is -0.131. The van der Waals surface area contributed by atoms with Crippen molar-refractivity contribution in [1.82, 2.24) is 9.88 Å². The molecular weight excluding hydrogens is 416 g/mol. The zero-order valence-corrected chi connectivity index (χ0v) is 18.8. The fourth-order valence-electron chi connectivity index (χ4n) is 5.06. The van der Waals surface area contributed by atoms with Crippen molar-refractivity contribution in [3.63, 3.8) is 0 Å². The first kappa shape index (κ1) is 20.1. The van der Waals surface area contributed by atoms with Gasteiger partial charge >= 0.3 is 0 Å². The first-order valence-corrected chi connectivity index (χ1v) is 10.7. The summed E-state index contributed by atoms with van der Waals surface area (Å²) in [5.74, 6) is 2.06. The zero-order valence-electron chi connectivity index (χ0n) is 18.0. The van der Waals surface area contributed by atoms with Crippen LogP contribution < -0.4 is 14.2 Å². The van der Waals surface area contributed by atoms with Gasteiger partial charge in [-0.3, -0.25) is 4.79 Å². The minimum absolute atomic E-state index is 0.0327. The van der Waals surface area contributed by atoms with E-state index in [0.29, 0.717) is 28.8 Å². The molecule has 7 heteroatoms. The third kappa shape index (κ3) is 2.96. The SMILES string of the molecule is COc1cc2[nH]c3c(c2cc1OC)C1(CC1)CN(C(C)=O)[C@@H]3c1ccc(Cl)cc1OC. The van der Waals surface area contributed by atoms with Gasteiger partial charge in [0.1, 0.15) is 11.8 Å². The molecule has 5 rings (SSSR count). The molecule has 2 aliphatic rings. The highest BCUT2D eigenvalue weighted by Gasteiger charge is 2.54. The maximum atomic E-state index is 12.8. The lowest BCUT2D eigenvalue weighted by Crippen LogP contribution is -2.44. The van der Waals surface area contributed by atoms with Gasteiger partial charge in [0.15, 0.2) is 11.5 Å². The number of amides is 1. The molecule has 3 aromatic rings. The van der Waals surface area contributed by atoms with Crippen molar-refractivity contribution in [2.45, 2.75) is 31.2 Å². The Bertz CT molecular complexity index is 1200. The van der Waals surface area contributed by atoms with Crippen molar-refractivity contribution < 1.29 is 19.0 Å². The van der Waals surface area contributed by atoms with E-state index >= 15 is 0 Å². The molecule has 1 saturated carbocycles. The fraction of sp³-hybridized carbons (Fsp3) is 0.375. The minimum atomic E-state index is -0.296. The maximum Gasteiger partial charge on any atom is 0.220 e. The van der Waals surface area contributed by atoms with Gasteiger partial charge in [-0.25, -0.2) is 0 Å². The van der Waals surface area contributed by atoms with Crippen LogP contribution in [0.1, 0.15) is 42.6 Å². The molecular formula is C24H25ClN2O4. The van der Waals surface area contributed by atoms with Gasteiger partial charge in [0.2, 0.25) is 5.91 Å². The largest absolute Gasteiger partial charge is 0.496 e. The highest BCUT2D eigenvalue weighted by molar-refractivity contribution is 6.30. The van der Waals surface area contributed by atoms with Gasteiger partial charge < -0.3 is 24.1 Å². The number of halogens is 1. The number of H-pyrrole nitrogens is 1. The number of methoxy groups -OCH3 is 3. The molecule has 1 atom stereocenters. The van der Waals surface area contributed by atoms with E-state index in [1.165, 1.54) is 5.56 Å². The topological polar surface area (TPSA) is 63.8 Å². The van der Waals surface area contributed by atoms with E-state index in [1.54, 1.807) is 34.3 Å². The molecule has 6 nitrogen and oxygen atoms in total. The Balaban J connectivity index is 1.81. The van der Waals surface area contributed by atoms with Gasteiger partial charge in [-0.1, -0.05) is 17.7 Å². The van der Waals surface area contributed by atoms with Gasteiger partial charge in [-0.15, -0.1) is 0 Å². The summed E-state index contributed by atoms with van der Waals surface area (Å²) < 4.78 is 16.8. The molecule has 1 fully saturated rings. The summed E-state index contributed by atoms with van der Waals surface area (Å²) in [5, 5.41) is 1.71. The molecule has 1 aliphatic heterocycles. The minimum Gasteiger partial charge on any atom is -0.496 e. The molecule has 2 aromatic carbocycles. The molecule has 1 aromatic heterocycles. The average molecular weight is 441 g/mol. The van der Waals surface area contributed by atoms with Crippen molar-refractivity contribution in [2.24, 2.45) is 0 Å². The molecule has 0 bridgehead atoms. The predicted octanol–water partition coefficient (Wildman–Crippen LogP) is 4.83. The molecule has 1 N–H and O–H groups in total. The second-order valence-electron chi connectivity index (χ2n) is 8.38. The standard InChI is InChI=1S/C24H25ClN2O4/c1-13(28)27-12-24(7-8-24)21-16-10-19(30-3)20(31-4)11-17(16)26-22(21)23(27)15-6-5-14(25)9-18(15)29-2/h5-6,9-11,23,26H,7-8,12H2,1-4H3/t23-/m1/s1. The summed E-state index contributed by atoms with van der Waals surface area (Å²) in [6, 6.07) is 9.30. The van der Waals surface area contributed by atoms with Crippen molar-refractivity contribution >= 4 is 28.4 Å². The number of ether oxygens (including phenoxy) is 3. The van der Waals surface area contributed by atoms with Crippen LogP contribution in [0.5, 0.6) is 17.2 Å². The molecule has 1 amide bonds. The number of rotatable bonds is 4. The molecule has 0 saturated heterocycles. The van der Waals surface area contributed by atoms with E-state index < -0.39 is 0 Å². The Labute approximate surface area is 186 Å². The van der Waals surface area contributed by atoms with Crippen LogP contribution in [0.25, 0.3) is 10.9 Å². The smallest absolute Gasteiger partial charge is 0.220 e. The lowest BCUT2D eigenvalue weighted by Gasteiger charge is -2.40. The molecule has 0 radical (unpaired) electrons. The van der Waals surface area contributed by atoms with E-state index in [1.807, 2.05) is 29.2 Å². The van der Waals surface area contributed by atoms with Crippen LogP contribution in [0.15, 0.2) is 30.3 Å². The summed E-state index contributed by atoms with van der Waals surface area (Å²) in [4.78, 5) is 18.4. The second kappa shape index (κ2) is 7.09. The van der Waals surface area contributed by atoms with E-state index in [-0.39, 0.29) is 17.4 Å². The number of carbonyl (C=O) groups is 1. The number of carbonyl (C=O) groups excluding carboxylic acids is 1. The van der Waals surface area contributed by atoms with Crippen LogP contribution in [0.2, 0.25) is 5.02 Å². The molecule has 2 heterocycles. The number of nitrogens with zero attached hydrogens (tertiary/aromatic N) is 1. The van der Waals surface area contributed by atoms with Crippen LogP contribution in [0.4, 0.5) is 0 Å². The lowest BCUT2D eigenvalue weighted by atomic mass is 9.83. The van der Waals surface area contributed by atoms with Crippen molar-refractivity contribution in [3.8, 4) is 17.2 Å². The van der Waals surface area contributed by atoms with Crippen LogP contribution in [0.3, 0.4) is 0 Å².